The number of hydrogen-bond acceptors (Lipinski definition) is 4. The molecule has 0 radical (unpaired) electrons. The van der Waals surface area contributed by atoms with E-state index in [1.54, 1.807) is 4.90 Å². The number of para-hydroxylation sites is 1. The van der Waals surface area contributed by atoms with Gasteiger partial charge in [0.05, 0.1) is 18.7 Å². The maximum Gasteiger partial charge on any atom is 0.275 e. The van der Waals surface area contributed by atoms with Crippen LogP contribution in [0.4, 0.5) is 10.1 Å². The molecule has 1 aliphatic rings. The van der Waals surface area contributed by atoms with Crippen LogP contribution in [0.25, 0.3) is 10.9 Å². The van der Waals surface area contributed by atoms with E-state index in [9.17, 15) is 14.0 Å². The van der Waals surface area contributed by atoms with Gasteiger partial charge < -0.3 is 15.0 Å². The Labute approximate surface area is 160 Å². The van der Waals surface area contributed by atoms with Gasteiger partial charge in [-0.25, -0.2) is 4.39 Å². The van der Waals surface area contributed by atoms with Crippen molar-refractivity contribution in [3.05, 3.63) is 60.0 Å². The van der Waals surface area contributed by atoms with Gasteiger partial charge in [0.2, 0.25) is 5.91 Å². The van der Waals surface area contributed by atoms with Gasteiger partial charge in [-0.3, -0.25) is 14.3 Å². The number of hydrogen-bond donors (Lipinski definition) is 1. The summed E-state index contributed by atoms with van der Waals surface area (Å²) in [5.41, 5.74) is 1.52. The quantitative estimate of drug-likeness (QED) is 0.751. The molecule has 1 aromatic heterocycles. The van der Waals surface area contributed by atoms with Gasteiger partial charge in [0, 0.05) is 24.2 Å². The number of halogens is 1. The number of carbonyl (C=O) groups excluding carboxylic acids is 2. The summed E-state index contributed by atoms with van der Waals surface area (Å²) in [6, 6.07) is 12.8. The second-order valence-electron chi connectivity index (χ2n) is 6.48. The van der Waals surface area contributed by atoms with Crippen molar-refractivity contribution in [3.8, 4) is 0 Å². The number of carbonyl (C=O) groups is 2. The second kappa shape index (κ2) is 7.77. The van der Waals surface area contributed by atoms with Gasteiger partial charge in [-0.15, -0.1) is 0 Å². The molecule has 8 heteroatoms. The molecule has 3 aromatic rings. The Kier molecular flexibility index (Phi) is 5.03. The Morgan fingerprint density at radius 1 is 1.07 bits per heavy atom. The lowest BCUT2D eigenvalue weighted by Crippen LogP contribution is -2.41. The molecule has 0 unspecified atom stereocenters. The fourth-order valence-corrected chi connectivity index (χ4v) is 3.19. The average molecular weight is 382 g/mol. The number of nitrogens with zero attached hydrogens (tertiary/aromatic N) is 3. The van der Waals surface area contributed by atoms with E-state index in [1.807, 2.05) is 24.3 Å². The maximum absolute atomic E-state index is 13.0. The monoisotopic (exact) mass is 382 g/mol. The van der Waals surface area contributed by atoms with Gasteiger partial charge in [0.1, 0.15) is 12.4 Å². The Bertz CT molecular complexity index is 1010. The lowest BCUT2D eigenvalue weighted by molar-refractivity contribution is -0.116. The minimum Gasteiger partial charge on any atom is -0.378 e. The van der Waals surface area contributed by atoms with E-state index in [0.717, 1.165) is 0 Å². The fourth-order valence-electron chi connectivity index (χ4n) is 3.19. The number of amides is 2. The molecule has 1 saturated heterocycles. The van der Waals surface area contributed by atoms with Crippen LogP contribution < -0.4 is 5.32 Å². The average Bonchev–Trinajstić information content (AvgIpc) is 3.08. The SMILES string of the molecule is O=C(Cn1nc(C(=O)N2CCOCC2)c2ccccc21)Nc1ccc(F)cc1. The third kappa shape index (κ3) is 3.72. The van der Waals surface area contributed by atoms with E-state index < -0.39 is 0 Å². The van der Waals surface area contributed by atoms with Crippen molar-refractivity contribution in [1.82, 2.24) is 14.7 Å². The van der Waals surface area contributed by atoms with Crippen LogP contribution in [0, 0.1) is 5.82 Å². The van der Waals surface area contributed by atoms with E-state index in [0.29, 0.717) is 48.6 Å². The summed E-state index contributed by atoms with van der Waals surface area (Å²) in [5.74, 6) is -0.857. The highest BCUT2D eigenvalue weighted by Crippen LogP contribution is 2.20. The van der Waals surface area contributed by atoms with Crippen LogP contribution in [-0.2, 0) is 16.1 Å². The van der Waals surface area contributed by atoms with E-state index in [-0.39, 0.29) is 24.2 Å². The Morgan fingerprint density at radius 3 is 2.54 bits per heavy atom. The van der Waals surface area contributed by atoms with Crippen LogP contribution in [0.2, 0.25) is 0 Å². The summed E-state index contributed by atoms with van der Waals surface area (Å²) < 4.78 is 19.8. The normalized spacial score (nSPS) is 14.2. The molecule has 144 valence electrons. The molecule has 2 heterocycles. The highest BCUT2D eigenvalue weighted by molar-refractivity contribution is 6.05. The molecular formula is C20H19FN4O3. The lowest BCUT2D eigenvalue weighted by atomic mass is 10.2. The molecule has 1 fully saturated rings. The maximum atomic E-state index is 13.0. The number of fused-ring (bicyclic) bond motifs is 1. The van der Waals surface area contributed by atoms with Crippen molar-refractivity contribution in [3.63, 3.8) is 0 Å². The first-order valence-electron chi connectivity index (χ1n) is 9.00. The van der Waals surface area contributed by atoms with Crippen LogP contribution in [0.15, 0.2) is 48.5 Å². The van der Waals surface area contributed by atoms with Crippen LogP contribution in [0.1, 0.15) is 10.5 Å². The zero-order valence-electron chi connectivity index (χ0n) is 15.1. The molecular weight excluding hydrogens is 363 g/mol. The summed E-state index contributed by atoms with van der Waals surface area (Å²) in [5, 5.41) is 7.83. The van der Waals surface area contributed by atoms with Crippen LogP contribution in [-0.4, -0.2) is 52.8 Å². The van der Waals surface area contributed by atoms with E-state index in [4.69, 9.17) is 4.74 Å². The summed E-state index contributed by atoms with van der Waals surface area (Å²) in [6.07, 6.45) is 0. The van der Waals surface area contributed by atoms with E-state index in [1.165, 1.54) is 28.9 Å². The minimum atomic E-state index is -0.373. The summed E-state index contributed by atoms with van der Waals surface area (Å²) >= 11 is 0. The predicted octanol–water partition coefficient (Wildman–Crippen LogP) is 2.29. The Hall–Kier alpha value is -3.26. The number of anilines is 1. The van der Waals surface area contributed by atoms with E-state index in [2.05, 4.69) is 10.4 Å². The highest BCUT2D eigenvalue weighted by Gasteiger charge is 2.24. The van der Waals surface area contributed by atoms with Gasteiger partial charge in [0.15, 0.2) is 5.69 Å². The Morgan fingerprint density at radius 2 is 1.79 bits per heavy atom. The van der Waals surface area contributed by atoms with Gasteiger partial charge in [0.25, 0.3) is 5.91 Å². The van der Waals surface area contributed by atoms with Gasteiger partial charge in [-0.1, -0.05) is 18.2 Å². The fraction of sp³-hybridized carbons (Fsp3) is 0.250. The standard InChI is InChI=1S/C20H19FN4O3/c21-14-5-7-15(8-6-14)22-18(26)13-25-17-4-2-1-3-16(17)19(23-25)20(27)24-9-11-28-12-10-24/h1-8H,9-13H2,(H,22,26). The molecule has 7 nitrogen and oxygen atoms in total. The lowest BCUT2D eigenvalue weighted by Gasteiger charge is -2.26. The molecule has 0 bridgehead atoms. The largest absolute Gasteiger partial charge is 0.378 e. The third-order valence-corrected chi connectivity index (χ3v) is 4.58. The number of nitrogens with one attached hydrogen (secondary N) is 1. The molecule has 2 amide bonds. The molecule has 1 aliphatic heterocycles. The molecule has 0 atom stereocenters. The van der Waals surface area contributed by atoms with Crippen LogP contribution >= 0.6 is 0 Å². The molecule has 1 N–H and O–H groups in total. The number of ether oxygens (including phenoxy) is 1. The van der Waals surface area contributed by atoms with Gasteiger partial charge >= 0.3 is 0 Å². The molecule has 28 heavy (non-hydrogen) atoms. The first kappa shape index (κ1) is 18.1. The molecule has 4 rings (SSSR count). The topological polar surface area (TPSA) is 76.5 Å². The van der Waals surface area contributed by atoms with Crippen molar-refractivity contribution < 1.29 is 18.7 Å². The van der Waals surface area contributed by atoms with Crippen LogP contribution in [0.3, 0.4) is 0 Å². The number of aromatic nitrogens is 2. The first-order valence-corrected chi connectivity index (χ1v) is 9.00. The van der Waals surface area contributed by atoms with Gasteiger partial charge in [-0.05, 0) is 30.3 Å². The van der Waals surface area contributed by atoms with E-state index >= 15 is 0 Å². The van der Waals surface area contributed by atoms with Crippen molar-refractivity contribution in [2.45, 2.75) is 6.54 Å². The van der Waals surface area contributed by atoms with Gasteiger partial charge in [-0.2, -0.15) is 5.10 Å². The molecule has 2 aromatic carbocycles. The summed E-state index contributed by atoms with van der Waals surface area (Å²) in [6.45, 7) is 1.99. The second-order valence-corrected chi connectivity index (χ2v) is 6.48. The van der Waals surface area contributed by atoms with Crippen molar-refractivity contribution in [1.29, 1.82) is 0 Å². The van der Waals surface area contributed by atoms with Crippen molar-refractivity contribution in [2.24, 2.45) is 0 Å². The summed E-state index contributed by atoms with van der Waals surface area (Å²) in [4.78, 5) is 27.0. The highest BCUT2D eigenvalue weighted by atomic mass is 19.1. The third-order valence-electron chi connectivity index (χ3n) is 4.58. The zero-order valence-corrected chi connectivity index (χ0v) is 15.1. The number of morpholine rings is 1. The van der Waals surface area contributed by atoms with Crippen molar-refractivity contribution in [2.75, 3.05) is 31.6 Å². The predicted molar refractivity (Wildman–Crippen MR) is 101 cm³/mol. The smallest absolute Gasteiger partial charge is 0.275 e. The minimum absolute atomic E-state index is 0.0612. The van der Waals surface area contributed by atoms with Crippen molar-refractivity contribution >= 4 is 28.4 Å². The zero-order chi connectivity index (χ0) is 19.5. The van der Waals surface area contributed by atoms with Crippen LogP contribution in [0.5, 0.6) is 0 Å². The number of benzene rings is 2. The summed E-state index contributed by atoms with van der Waals surface area (Å²) in [7, 11) is 0. The molecule has 0 spiro atoms. The molecule has 0 saturated carbocycles. The Balaban J connectivity index is 1.58. The number of rotatable bonds is 4. The first-order chi connectivity index (χ1) is 13.6. The molecule has 0 aliphatic carbocycles.